The predicted octanol–water partition coefficient (Wildman–Crippen LogP) is 4.96. The van der Waals surface area contributed by atoms with Gasteiger partial charge in [-0.25, -0.2) is 0 Å². The topological polar surface area (TPSA) is 33.4 Å². The second-order valence-corrected chi connectivity index (χ2v) is 4.80. The Hall–Kier alpha value is -2.74. The fourth-order valence-electron chi connectivity index (χ4n) is 2.78. The molecule has 96 valence electrons. The van der Waals surface area contributed by atoms with Crippen LogP contribution in [0.25, 0.3) is 32.9 Å². The molecule has 0 aliphatic rings. The molecule has 0 aliphatic carbocycles. The van der Waals surface area contributed by atoms with Gasteiger partial charge in [0.2, 0.25) is 0 Å². The summed E-state index contributed by atoms with van der Waals surface area (Å²) in [6.45, 7) is 0. The molecule has 0 saturated carbocycles. The fourth-order valence-corrected chi connectivity index (χ4v) is 2.78. The number of benzene rings is 3. The molecule has 4 rings (SSSR count). The molecule has 0 saturated heterocycles. The lowest BCUT2D eigenvalue weighted by Gasteiger charge is -2.10. The van der Waals surface area contributed by atoms with E-state index in [0.717, 1.165) is 27.3 Å². The molecule has 2 nitrogen and oxygen atoms in total. The molecule has 0 atom stereocenters. The van der Waals surface area contributed by atoms with Crippen LogP contribution in [0.3, 0.4) is 0 Å². The van der Waals surface area contributed by atoms with Crippen LogP contribution in [0, 0.1) is 0 Å². The van der Waals surface area contributed by atoms with Crippen LogP contribution in [-0.2, 0) is 0 Å². The summed E-state index contributed by atoms with van der Waals surface area (Å²) in [4.78, 5) is 0. The van der Waals surface area contributed by atoms with Crippen molar-refractivity contribution < 1.29 is 9.52 Å². The molecule has 1 aromatic heterocycles. The highest BCUT2D eigenvalue weighted by molar-refractivity contribution is 6.15. The van der Waals surface area contributed by atoms with Crippen LogP contribution in [0.4, 0.5) is 0 Å². The summed E-state index contributed by atoms with van der Waals surface area (Å²) < 4.78 is 5.47. The molecule has 1 N–H and O–H groups in total. The van der Waals surface area contributed by atoms with Gasteiger partial charge in [0.15, 0.2) is 11.3 Å². The highest BCUT2D eigenvalue weighted by Crippen LogP contribution is 2.43. The number of phenols is 1. The lowest BCUT2D eigenvalue weighted by atomic mass is 9.95. The lowest BCUT2D eigenvalue weighted by Crippen LogP contribution is -1.84. The first kappa shape index (κ1) is 11.1. The quantitative estimate of drug-likeness (QED) is 0.525. The van der Waals surface area contributed by atoms with Crippen molar-refractivity contribution in [3.63, 3.8) is 0 Å². The molecule has 0 spiro atoms. The molecule has 0 aliphatic heterocycles. The van der Waals surface area contributed by atoms with E-state index >= 15 is 0 Å². The summed E-state index contributed by atoms with van der Waals surface area (Å²) in [7, 11) is 0. The van der Waals surface area contributed by atoms with Gasteiger partial charge in [-0.15, -0.1) is 0 Å². The molecule has 0 radical (unpaired) electrons. The van der Waals surface area contributed by atoms with Gasteiger partial charge in [0.1, 0.15) is 0 Å². The van der Waals surface area contributed by atoms with E-state index in [-0.39, 0.29) is 5.75 Å². The number of phenolic OH excluding ortho intramolecular Hbond substituents is 1. The first-order valence-electron chi connectivity index (χ1n) is 6.52. The lowest BCUT2D eigenvalue weighted by molar-refractivity contribution is 0.467. The summed E-state index contributed by atoms with van der Waals surface area (Å²) in [5.41, 5.74) is 2.35. The number of fused-ring (bicyclic) bond motifs is 3. The van der Waals surface area contributed by atoms with Crippen LogP contribution >= 0.6 is 0 Å². The van der Waals surface area contributed by atoms with Gasteiger partial charge in [0.05, 0.1) is 6.26 Å². The Morgan fingerprint density at radius 1 is 0.700 bits per heavy atom. The van der Waals surface area contributed by atoms with E-state index in [1.54, 1.807) is 6.26 Å². The van der Waals surface area contributed by atoms with E-state index in [2.05, 4.69) is 6.07 Å². The molecule has 0 fully saturated rings. The van der Waals surface area contributed by atoms with Gasteiger partial charge in [-0.05, 0) is 22.4 Å². The van der Waals surface area contributed by atoms with Crippen molar-refractivity contribution in [3.05, 3.63) is 66.9 Å². The van der Waals surface area contributed by atoms with Gasteiger partial charge < -0.3 is 9.52 Å². The zero-order valence-corrected chi connectivity index (χ0v) is 10.7. The number of aromatic hydroxyl groups is 1. The monoisotopic (exact) mass is 260 g/mol. The maximum atomic E-state index is 10.6. The Morgan fingerprint density at radius 2 is 1.40 bits per heavy atom. The molecule has 0 amide bonds. The van der Waals surface area contributed by atoms with Gasteiger partial charge in [-0.3, -0.25) is 0 Å². The zero-order valence-electron chi connectivity index (χ0n) is 10.7. The van der Waals surface area contributed by atoms with Crippen molar-refractivity contribution in [2.24, 2.45) is 0 Å². The largest absolute Gasteiger partial charge is 0.504 e. The van der Waals surface area contributed by atoms with Crippen molar-refractivity contribution >= 4 is 21.7 Å². The maximum absolute atomic E-state index is 10.6. The van der Waals surface area contributed by atoms with E-state index in [1.807, 2.05) is 54.6 Å². The fraction of sp³-hybridized carbons (Fsp3) is 0. The van der Waals surface area contributed by atoms with Crippen LogP contribution < -0.4 is 0 Å². The normalized spacial score (nSPS) is 11.2. The molecule has 2 heteroatoms. The first-order valence-corrected chi connectivity index (χ1v) is 6.52. The second-order valence-electron chi connectivity index (χ2n) is 4.80. The Morgan fingerprint density at radius 3 is 2.20 bits per heavy atom. The molecule has 0 unspecified atom stereocenters. The number of hydrogen-bond acceptors (Lipinski definition) is 2. The van der Waals surface area contributed by atoms with Crippen molar-refractivity contribution in [2.45, 2.75) is 0 Å². The third-order valence-corrected chi connectivity index (χ3v) is 3.67. The van der Waals surface area contributed by atoms with Gasteiger partial charge >= 0.3 is 0 Å². The van der Waals surface area contributed by atoms with Crippen LogP contribution in [0.15, 0.2) is 71.3 Å². The molecular weight excluding hydrogens is 248 g/mol. The smallest absolute Gasteiger partial charge is 0.176 e. The average molecular weight is 260 g/mol. The highest BCUT2D eigenvalue weighted by Gasteiger charge is 2.16. The Labute approximate surface area is 115 Å². The Bertz CT molecular complexity index is 905. The molecule has 20 heavy (non-hydrogen) atoms. The third-order valence-electron chi connectivity index (χ3n) is 3.67. The Kier molecular flexibility index (Phi) is 2.30. The van der Waals surface area contributed by atoms with Crippen molar-refractivity contribution in [1.82, 2.24) is 0 Å². The minimum atomic E-state index is 0.204. The standard InChI is InChI=1S/C18H12O2/c19-17-16(12-6-2-1-3-7-12)14-9-5-4-8-13(14)15-10-11-20-18(15)17/h1-11,19H. The second kappa shape index (κ2) is 4.14. The molecule has 3 aromatic carbocycles. The van der Waals surface area contributed by atoms with Crippen molar-refractivity contribution in [1.29, 1.82) is 0 Å². The summed E-state index contributed by atoms with van der Waals surface area (Å²) in [5, 5.41) is 13.7. The predicted molar refractivity (Wildman–Crippen MR) is 80.8 cm³/mol. The number of hydrogen-bond donors (Lipinski definition) is 1. The maximum Gasteiger partial charge on any atom is 0.176 e. The van der Waals surface area contributed by atoms with E-state index in [9.17, 15) is 5.11 Å². The van der Waals surface area contributed by atoms with E-state index in [4.69, 9.17) is 4.42 Å². The summed E-state index contributed by atoms with van der Waals surface area (Å²) in [6.07, 6.45) is 1.62. The van der Waals surface area contributed by atoms with Gasteiger partial charge in [0, 0.05) is 10.9 Å². The van der Waals surface area contributed by atoms with E-state index in [1.165, 1.54) is 0 Å². The first-order chi connectivity index (χ1) is 9.86. The zero-order chi connectivity index (χ0) is 13.5. The van der Waals surface area contributed by atoms with Crippen LogP contribution in [0.1, 0.15) is 0 Å². The Balaban J connectivity index is 2.25. The van der Waals surface area contributed by atoms with Crippen LogP contribution in [-0.4, -0.2) is 5.11 Å². The van der Waals surface area contributed by atoms with Gasteiger partial charge in [-0.1, -0.05) is 54.6 Å². The van der Waals surface area contributed by atoms with Gasteiger partial charge in [0.25, 0.3) is 0 Å². The molecule has 1 heterocycles. The number of rotatable bonds is 1. The van der Waals surface area contributed by atoms with Crippen molar-refractivity contribution in [2.75, 3.05) is 0 Å². The summed E-state index contributed by atoms with van der Waals surface area (Å²) in [5.74, 6) is 0.204. The van der Waals surface area contributed by atoms with E-state index < -0.39 is 0 Å². The highest BCUT2D eigenvalue weighted by atomic mass is 16.3. The van der Waals surface area contributed by atoms with Crippen LogP contribution in [0.5, 0.6) is 5.75 Å². The third kappa shape index (κ3) is 1.45. The summed E-state index contributed by atoms with van der Waals surface area (Å²) in [6, 6.07) is 19.9. The SMILES string of the molecule is Oc1c(-c2ccccc2)c2ccccc2c2ccoc12. The minimum absolute atomic E-state index is 0.204. The van der Waals surface area contributed by atoms with Gasteiger partial charge in [-0.2, -0.15) is 0 Å². The van der Waals surface area contributed by atoms with Crippen LogP contribution in [0.2, 0.25) is 0 Å². The molecular formula is C18H12O2. The molecule has 0 bridgehead atoms. The van der Waals surface area contributed by atoms with E-state index in [0.29, 0.717) is 5.58 Å². The molecule has 4 aromatic rings. The average Bonchev–Trinajstić information content (AvgIpc) is 2.99. The van der Waals surface area contributed by atoms with Crippen molar-refractivity contribution in [3.8, 4) is 16.9 Å². The summed E-state index contributed by atoms with van der Waals surface area (Å²) >= 11 is 0. The minimum Gasteiger partial charge on any atom is -0.504 e. The number of furan rings is 1.